The molecule has 0 aromatic carbocycles. The van der Waals surface area contributed by atoms with Gasteiger partial charge in [0.2, 0.25) is 5.70 Å². The maximum atomic E-state index is 14.0. The molecule has 0 amide bonds. The molecule has 4 nitrogen and oxygen atoms in total. The van der Waals surface area contributed by atoms with Crippen LogP contribution in [-0.4, -0.2) is 23.3 Å². The van der Waals surface area contributed by atoms with Gasteiger partial charge in [-0.05, 0) is 80.6 Å². The number of hydrogen-bond acceptors (Lipinski definition) is 3. The SMILES string of the molecule is [C-]#[N+]C1=C[C@]2(C)C3=CC(=O)[C@@]4(C)C(CC5OC6(CCC(C)CC6)[C@@H](C)C54)C3CCC2CC1=O. The molecule has 0 aromatic rings. The highest BCUT2D eigenvalue weighted by atomic mass is 16.5. The fourth-order valence-electron chi connectivity index (χ4n) is 9.48. The molecule has 4 fully saturated rings. The molecular formula is C29H37NO3. The van der Waals surface area contributed by atoms with Gasteiger partial charge in [0.15, 0.2) is 11.6 Å². The number of fused-ring (bicyclic) bond motifs is 7. The molecule has 1 saturated heterocycles. The zero-order valence-corrected chi connectivity index (χ0v) is 20.5. The van der Waals surface area contributed by atoms with Crippen LogP contribution >= 0.6 is 0 Å². The molecule has 3 saturated carbocycles. The maximum absolute atomic E-state index is 14.0. The number of allylic oxidation sites excluding steroid dienone is 4. The van der Waals surface area contributed by atoms with Crippen molar-refractivity contribution >= 4 is 11.6 Å². The van der Waals surface area contributed by atoms with E-state index in [4.69, 9.17) is 11.3 Å². The zero-order valence-electron chi connectivity index (χ0n) is 20.5. The second kappa shape index (κ2) is 6.91. The Kier molecular flexibility index (Phi) is 4.56. The molecule has 4 heteroatoms. The van der Waals surface area contributed by atoms with Crippen molar-refractivity contribution in [2.24, 2.45) is 46.3 Å². The third-order valence-corrected chi connectivity index (χ3v) is 11.5. The number of carbonyl (C=O) groups is 2. The Balaban J connectivity index is 1.38. The number of hydrogen-bond donors (Lipinski definition) is 0. The van der Waals surface area contributed by atoms with Gasteiger partial charge in [0.05, 0.1) is 18.3 Å². The van der Waals surface area contributed by atoms with Gasteiger partial charge in [-0.25, -0.2) is 4.85 Å². The lowest BCUT2D eigenvalue weighted by atomic mass is 9.49. The summed E-state index contributed by atoms with van der Waals surface area (Å²) in [4.78, 5) is 30.0. The van der Waals surface area contributed by atoms with Gasteiger partial charge in [-0.2, -0.15) is 0 Å². The largest absolute Gasteiger partial charge is 0.371 e. The summed E-state index contributed by atoms with van der Waals surface area (Å²) in [6.07, 6.45) is 12.3. The van der Waals surface area contributed by atoms with Gasteiger partial charge in [0.25, 0.3) is 0 Å². The van der Waals surface area contributed by atoms with E-state index >= 15 is 0 Å². The summed E-state index contributed by atoms with van der Waals surface area (Å²) in [5, 5.41) is 0. The van der Waals surface area contributed by atoms with Gasteiger partial charge in [-0.1, -0.05) is 39.3 Å². The Labute approximate surface area is 198 Å². The molecule has 176 valence electrons. The predicted molar refractivity (Wildman–Crippen MR) is 126 cm³/mol. The Bertz CT molecular complexity index is 1020. The summed E-state index contributed by atoms with van der Waals surface area (Å²) in [7, 11) is 0. The van der Waals surface area contributed by atoms with E-state index in [-0.39, 0.29) is 45.7 Å². The number of ether oxygens (including phenoxy) is 1. The topological polar surface area (TPSA) is 47.7 Å². The number of carbonyl (C=O) groups excluding carboxylic acids is 2. The Morgan fingerprint density at radius 3 is 2.52 bits per heavy atom. The first-order valence-electron chi connectivity index (χ1n) is 13.2. The number of Topliss-reactive ketones (excluding diaryl/α,β-unsaturated/α-hetero) is 1. The van der Waals surface area contributed by atoms with Gasteiger partial charge in [0, 0.05) is 23.2 Å². The van der Waals surface area contributed by atoms with Crippen LogP contribution in [0.1, 0.15) is 79.1 Å². The average Bonchev–Trinajstić information content (AvgIpc) is 3.23. The van der Waals surface area contributed by atoms with E-state index in [0.29, 0.717) is 30.1 Å². The highest BCUT2D eigenvalue weighted by Gasteiger charge is 2.69. The number of ketones is 2. The van der Waals surface area contributed by atoms with Gasteiger partial charge < -0.3 is 9.53 Å². The van der Waals surface area contributed by atoms with Crippen LogP contribution in [0.3, 0.4) is 0 Å². The standard InChI is InChI=1S/C29H37NO3/c1-16-8-10-29(11-9-16)17(2)26-24(33-29)13-21-19-7-6-18-12-23(31)22(30-5)15-27(18,3)20(19)14-25(32)28(21,26)4/h14-19,21,24,26H,6-13H2,1-4H3/t16?,17-,18?,19?,21?,24?,26?,27-,28+,29?/m0/s1. The summed E-state index contributed by atoms with van der Waals surface area (Å²) in [6, 6.07) is 0. The maximum Gasteiger partial charge on any atom is 0.226 e. The molecule has 1 spiro atoms. The van der Waals surface area contributed by atoms with Crippen molar-refractivity contribution in [1.82, 2.24) is 0 Å². The predicted octanol–water partition coefficient (Wildman–Crippen LogP) is 5.93. The molecule has 6 aliphatic rings. The molecule has 1 aliphatic heterocycles. The van der Waals surface area contributed by atoms with Crippen LogP contribution in [0.15, 0.2) is 23.4 Å². The molecule has 0 N–H and O–H groups in total. The minimum Gasteiger partial charge on any atom is -0.371 e. The molecule has 1 heterocycles. The van der Waals surface area contributed by atoms with Crippen molar-refractivity contribution in [2.45, 2.75) is 90.8 Å². The van der Waals surface area contributed by atoms with Crippen LogP contribution < -0.4 is 0 Å². The number of nitrogens with zero attached hydrogens (tertiary/aromatic N) is 1. The molecule has 0 bridgehead atoms. The van der Waals surface area contributed by atoms with Gasteiger partial charge in [0.1, 0.15) is 0 Å². The monoisotopic (exact) mass is 447 g/mol. The van der Waals surface area contributed by atoms with E-state index in [0.717, 1.165) is 38.0 Å². The minimum atomic E-state index is -0.356. The first-order chi connectivity index (χ1) is 15.6. The van der Waals surface area contributed by atoms with E-state index in [1.807, 2.05) is 12.2 Å². The molecule has 0 aromatic heterocycles. The van der Waals surface area contributed by atoms with Gasteiger partial charge in [-0.3, -0.25) is 4.79 Å². The molecule has 6 rings (SSSR count). The van der Waals surface area contributed by atoms with Crippen LogP contribution in [0.2, 0.25) is 0 Å². The molecule has 5 aliphatic carbocycles. The molecule has 5 unspecified atom stereocenters. The lowest BCUT2D eigenvalue weighted by Gasteiger charge is -2.54. The lowest BCUT2D eigenvalue weighted by molar-refractivity contribution is -0.132. The zero-order chi connectivity index (χ0) is 23.3. The van der Waals surface area contributed by atoms with Crippen LogP contribution in [0.5, 0.6) is 0 Å². The van der Waals surface area contributed by atoms with Crippen LogP contribution in [0.25, 0.3) is 4.85 Å². The molecule has 33 heavy (non-hydrogen) atoms. The minimum absolute atomic E-state index is 0.0248. The summed E-state index contributed by atoms with van der Waals surface area (Å²) in [5.74, 6) is 2.62. The van der Waals surface area contributed by atoms with E-state index in [9.17, 15) is 9.59 Å². The number of rotatable bonds is 0. The summed E-state index contributed by atoms with van der Waals surface area (Å²) < 4.78 is 6.97. The third kappa shape index (κ3) is 2.67. The van der Waals surface area contributed by atoms with Crippen LogP contribution in [0, 0.1) is 52.9 Å². The van der Waals surface area contributed by atoms with E-state index in [1.165, 1.54) is 18.4 Å². The summed E-state index contributed by atoms with van der Waals surface area (Å²) in [5.41, 5.74) is 0.739. The molecular weight excluding hydrogens is 410 g/mol. The fourth-order valence-corrected chi connectivity index (χ4v) is 9.48. The van der Waals surface area contributed by atoms with Crippen molar-refractivity contribution in [3.05, 3.63) is 34.8 Å². The van der Waals surface area contributed by atoms with Crippen molar-refractivity contribution < 1.29 is 14.3 Å². The second-order valence-electron chi connectivity index (χ2n) is 12.7. The highest BCUT2D eigenvalue weighted by Crippen LogP contribution is 2.69. The van der Waals surface area contributed by atoms with Gasteiger partial charge >= 0.3 is 0 Å². The lowest BCUT2D eigenvalue weighted by Crippen LogP contribution is -2.52. The second-order valence-corrected chi connectivity index (χ2v) is 12.7. The summed E-state index contributed by atoms with van der Waals surface area (Å²) >= 11 is 0. The van der Waals surface area contributed by atoms with Crippen LogP contribution in [0.4, 0.5) is 0 Å². The first-order valence-corrected chi connectivity index (χ1v) is 13.2. The normalized spacial score (nSPS) is 52.9. The van der Waals surface area contributed by atoms with Crippen LogP contribution in [-0.2, 0) is 14.3 Å². The molecule has 8 atom stereocenters. The summed E-state index contributed by atoms with van der Waals surface area (Å²) in [6.45, 7) is 16.6. The smallest absolute Gasteiger partial charge is 0.226 e. The van der Waals surface area contributed by atoms with E-state index < -0.39 is 0 Å². The Hall–Kier alpha value is -1.73. The quantitative estimate of drug-likeness (QED) is 0.432. The Morgan fingerprint density at radius 2 is 1.82 bits per heavy atom. The highest BCUT2D eigenvalue weighted by molar-refractivity contribution is 6.00. The van der Waals surface area contributed by atoms with Gasteiger partial charge in [-0.15, -0.1) is 0 Å². The van der Waals surface area contributed by atoms with Crippen molar-refractivity contribution in [3.8, 4) is 0 Å². The van der Waals surface area contributed by atoms with E-state index in [1.54, 1.807) is 0 Å². The van der Waals surface area contributed by atoms with Crippen molar-refractivity contribution in [3.63, 3.8) is 0 Å². The van der Waals surface area contributed by atoms with Crippen molar-refractivity contribution in [2.75, 3.05) is 0 Å². The first kappa shape index (κ1) is 21.8. The average molecular weight is 448 g/mol. The molecule has 0 radical (unpaired) electrons. The third-order valence-electron chi connectivity index (χ3n) is 11.5. The Morgan fingerprint density at radius 1 is 1.09 bits per heavy atom. The van der Waals surface area contributed by atoms with E-state index in [2.05, 4.69) is 32.5 Å². The van der Waals surface area contributed by atoms with Crippen molar-refractivity contribution in [1.29, 1.82) is 0 Å². The fraction of sp³-hybridized carbons (Fsp3) is 0.759.